The molecule has 0 radical (unpaired) electrons. The van der Waals surface area contributed by atoms with E-state index in [9.17, 15) is 14.0 Å². The molecule has 0 amide bonds. The molecule has 0 saturated carbocycles. The molecule has 1 aromatic carbocycles. The fraction of sp³-hybridized carbons (Fsp3) is 0.286. The molecule has 0 bridgehead atoms. The third kappa shape index (κ3) is 2.23. The topological polar surface area (TPSA) is 48.3 Å². The zero-order valence-electron chi connectivity index (χ0n) is 10.8. The average Bonchev–Trinajstić information content (AvgIpc) is 2.78. The third-order valence-corrected chi connectivity index (χ3v) is 2.88. The van der Waals surface area contributed by atoms with Crippen molar-refractivity contribution in [3.63, 3.8) is 0 Å². The number of carbonyl (C=O) groups is 2. The summed E-state index contributed by atoms with van der Waals surface area (Å²) in [5, 5.41) is 0.592. The van der Waals surface area contributed by atoms with E-state index < -0.39 is 17.6 Å². The molecule has 1 aromatic heterocycles. The van der Waals surface area contributed by atoms with Gasteiger partial charge >= 0.3 is 5.97 Å². The van der Waals surface area contributed by atoms with Gasteiger partial charge in [-0.1, -0.05) is 12.1 Å². The predicted octanol–water partition coefficient (Wildman–Crippen LogP) is 2.55. The molecule has 0 aliphatic carbocycles. The number of aromatic nitrogens is 1. The molecule has 19 heavy (non-hydrogen) atoms. The van der Waals surface area contributed by atoms with Crippen LogP contribution < -0.4 is 0 Å². The molecule has 0 aliphatic rings. The molecule has 4 nitrogen and oxygen atoms in total. The smallest absolute Gasteiger partial charge is 0.381 e. The number of hydrogen-bond acceptors (Lipinski definition) is 3. The van der Waals surface area contributed by atoms with Crippen LogP contribution in [0.4, 0.5) is 4.39 Å². The molecule has 1 heterocycles. The zero-order chi connectivity index (χ0) is 14.0. The van der Waals surface area contributed by atoms with Gasteiger partial charge in [0.2, 0.25) is 0 Å². The maximum atomic E-state index is 13.8. The average molecular weight is 263 g/mol. The van der Waals surface area contributed by atoms with Crippen LogP contribution in [0.3, 0.4) is 0 Å². The van der Waals surface area contributed by atoms with E-state index >= 15 is 0 Å². The summed E-state index contributed by atoms with van der Waals surface area (Å²) in [5.74, 6) is -2.08. The highest BCUT2D eigenvalue weighted by Gasteiger charge is 2.23. The van der Waals surface area contributed by atoms with E-state index in [-0.39, 0.29) is 12.3 Å². The number of Topliss-reactive ketones (excluding diaryl/α,β-unsaturated/α-hetero) is 1. The lowest BCUT2D eigenvalue weighted by Gasteiger charge is -2.07. The van der Waals surface area contributed by atoms with Crippen LogP contribution in [-0.4, -0.2) is 22.9 Å². The number of benzene rings is 1. The van der Waals surface area contributed by atoms with Crippen molar-refractivity contribution >= 4 is 22.7 Å². The molecule has 2 aromatic rings. The Bertz CT molecular complexity index is 645. The molecule has 0 saturated heterocycles. The minimum atomic E-state index is -0.916. The zero-order valence-corrected chi connectivity index (χ0v) is 10.8. The number of ketones is 1. The minimum absolute atomic E-state index is 0.130. The number of ether oxygens (including phenoxy) is 1. The summed E-state index contributed by atoms with van der Waals surface area (Å²) in [5.41, 5.74) is 0.485. The second kappa shape index (κ2) is 5.22. The highest BCUT2D eigenvalue weighted by atomic mass is 19.1. The Morgan fingerprint density at radius 1 is 1.32 bits per heavy atom. The Labute approximate surface area is 109 Å². The lowest BCUT2D eigenvalue weighted by atomic mass is 10.2. The highest BCUT2D eigenvalue weighted by Crippen LogP contribution is 2.23. The first kappa shape index (κ1) is 13.3. The monoisotopic (exact) mass is 263 g/mol. The minimum Gasteiger partial charge on any atom is -0.460 e. The molecule has 0 N–H and O–H groups in total. The van der Waals surface area contributed by atoms with Gasteiger partial charge in [-0.25, -0.2) is 9.18 Å². The van der Waals surface area contributed by atoms with Crippen molar-refractivity contribution in [3.8, 4) is 0 Å². The summed E-state index contributed by atoms with van der Waals surface area (Å²) in [6.07, 6.45) is 0. The van der Waals surface area contributed by atoms with Crippen molar-refractivity contribution in [2.24, 2.45) is 0 Å². The maximum Gasteiger partial charge on any atom is 0.381 e. The van der Waals surface area contributed by atoms with Gasteiger partial charge in [-0.05, 0) is 26.0 Å². The molecule has 0 spiro atoms. The first-order valence-electron chi connectivity index (χ1n) is 6.09. The van der Waals surface area contributed by atoms with E-state index in [1.807, 2.05) is 0 Å². The van der Waals surface area contributed by atoms with Gasteiger partial charge in [-0.2, -0.15) is 0 Å². The Morgan fingerprint density at radius 2 is 2.05 bits per heavy atom. The summed E-state index contributed by atoms with van der Waals surface area (Å²) in [6, 6.07) is 6.11. The van der Waals surface area contributed by atoms with Gasteiger partial charge in [-0.3, -0.25) is 4.79 Å². The Morgan fingerprint density at radius 3 is 2.68 bits per heavy atom. The van der Waals surface area contributed by atoms with E-state index in [0.29, 0.717) is 17.4 Å². The Hall–Kier alpha value is -2.17. The van der Waals surface area contributed by atoms with Crippen LogP contribution in [0.25, 0.3) is 10.9 Å². The SMILES string of the molecule is CCOC(=O)C(=O)c1cc2cccc(F)c2n1CC. The molecular weight excluding hydrogens is 249 g/mol. The lowest BCUT2D eigenvalue weighted by molar-refractivity contribution is -0.137. The molecule has 0 fully saturated rings. The van der Waals surface area contributed by atoms with Crippen molar-refractivity contribution in [3.05, 3.63) is 35.8 Å². The maximum absolute atomic E-state index is 13.8. The quantitative estimate of drug-likeness (QED) is 0.484. The van der Waals surface area contributed by atoms with Crippen molar-refractivity contribution in [1.82, 2.24) is 4.57 Å². The summed E-state index contributed by atoms with van der Waals surface area (Å²) in [6.45, 7) is 3.93. The van der Waals surface area contributed by atoms with Gasteiger partial charge < -0.3 is 9.30 Å². The number of hydrogen-bond donors (Lipinski definition) is 0. The van der Waals surface area contributed by atoms with Gasteiger partial charge in [0.15, 0.2) is 0 Å². The number of halogens is 1. The van der Waals surface area contributed by atoms with Crippen LogP contribution in [-0.2, 0) is 16.1 Å². The molecule has 100 valence electrons. The van der Waals surface area contributed by atoms with E-state index in [2.05, 4.69) is 4.74 Å². The normalized spacial score (nSPS) is 10.7. The van der Waals surface area contributed by atoms with Crippen molar-refractivity contribution in [2.75, 3.05) is 6.61 Å². The predicted molar refractivity (Wildman–Crippen MR) is 68.5 cm³/mol. The van der Waals surface area contributed by atoms with Crippen LogP contribution >= 0.6 is 0 Å². The standard InChI is InChI=1S/C14H14FNO3/c1-3-16-11(13(17)14(18)19-4-2)8-9-6-5-7-10(15)12(9)16/h5-8H,3-4H2,1-2H3. The fourth-order valence-corrected chi connectivity index (χ4v) is 2.10. The van der Waals surface area contributed by atoms with Crippen molar-refractivity contribution in [2.45, 2.75) is 20.4 Å². The van der Waals surface area contributed by atoms with Crippen molar-refractivity contribution < 1.29 is 18.7 Å². The number of carbonyl (C=O) groups excluding carboxylic acids is 2. The summed E-state index contributed by atoms with van der Waals surface area (Å²) in [4.78, 5) is 23.5. The molecule has 0 unspecified atom stereocenters. The summed E-state index contributed by atoms with van der Waals surface area (Å²) >= 11 is 0. The number of aryl methyl sites for hydroxylation is 1. The fourth-order valence-electron chi connectivity index (χ4n) is 2.10. The summed E-state index contributed by atoms with van der Waals surface area (Å²) in [7, 11) is 0. The second-order valence-corrected chi connectivity index (χ2v) is 4.00. The van der Waals surface area contributed by atoms with Gasteiger partial charge in [-0.15, -0.1) is 0 Å². The summed E-state index contributed by atoms with van der Waals surface area (Å²) < 4.78 is 20.0. The Balaban J connectivity index is 2.58. The largest absolute Gasteiger partial charge is 0.460 e. The van der Waals surface area contributed by atoms with Crippen LogP contribution in [0.15, 0.2) is 24.3 Å². The third-order valence-electron chi connectivity index (χ3n) is 2.88. The van der Waals surface area contributed by atoms with Gasteiger partial charge in [0.1, 0.15) is 5.82 Å². The van der Waals surface area contributed by atoms with Gasteiger partial charge in [0.05, 0.1) is 17.8 Å². The second-order valence-electron chi connectivity index (χ2n) is 4.00. The van der Waals surface area contributed by atoms with Gasteiger partial charge in [0, 0.05) is 11.9 Å². The van der Waals surface area contributed by atoms with Crippen LogP contribution in [0.5, 0.6) is 0 Å². The van der Waals surface area contributed by atoms with Gasteiger partial charge in [0.25, 0.3) is 5.78 Å². The number of para-hydroxylation sites is 1. The first-order valence-corrected chi connectivity index (χ1v) is 6.09. The van der Waals surface area contributed by atoms with Crippen LogP contribution in [0.1, 0.15) is 24.3 Å². The number of esters is 1. The molecule has 0 aliphatic heterocycles. The van der Waals surface area contributed by atoms with Crippen LogP contribution in [0, 0.1) is 5.82 Å². The molecule has 0 atom stereocenters. The highest BCUT2D eigenvalue weighted by molar-refractivity contribution is 6.40. The Kier molecular flexibility index (Phi) is 3.64. The van der Waals surface area contributed by atoms with E-state index in [0.717, 1.165) is 0 Å². The van der Waals surface area contributed by atoms with Crippen molar-refractivity contribution in [1.29, 1.82) is 0 Å². The number of fused-ring (bicyclic) bond motifs is 1. The molecule has 2 rings (SSSR count). The molecular formula is C14H14FNO3. The number of rotatable bonds is 4. The van der Waals surface area contributed by atoms with E-state index in [1.165, 1.54) is 16.7 Å². The van der Waals surface area contributed by atoms with Crippen LogP contribution in [0.2, 0.25) is 0 Å². The molecule has 5 heteroatoms. The lowest BCUT2D eigenvalue weighted by Crippen LogP contribution is -2.20. The first-order chi connectivity index (χ1) is 9.10. The number of nitrogens with zero attached hydrogens (tertiary/aromatic N) is 1. The van der Waals surface area contributed by atoms with E-state index in [1.54, 1.807) is 26.0 Å². The van der Waals surface area contributed by atoms with E-state index in [4.69, 9.17) is 0 Å².